The van der Waals surface area contributed by atoms with E-state index in [0.717, 1.165) is 0 Å². The predicted molar refractivity (Wildman–Crippen MR) is 86.0 cm³/mol. The summed E-state index contributed by atoms with van der Waals surface area (Å²) in [6.45, 7) is 4.28. The molecule has 1 N–H and O–H groups in total. The van der Waals surface area contributed by atoms with Gasteiger partial charge in [0.15, 0.2) is 0 Å². The van der Waals surface area contributed by atoms with Gasteiger partial charge in [0.2, 0.25) is 0 Å². The van der Waals surface area contributed by atoms with Gasteiger partial charge in [0, 0.05) is 3.57 Å². The largest absolute Gasteiger partial charge is 0.309 e. The van der Waals surface area contributed by atoms with Gasteiger partial charge in [0.1, 0.15) is 0 Å². The molecule has 0 heterocycles. The Labute approximate surface area is 123 Å². The van der Waals surface area contributed by atoms with Crippen LogP contribution in [-0.2, 0) is 0 Å². The van der Waals surface area contributed by atoms with E-state index in [1.807, 2.05) is 7.05 Å². The molecular formula is C16H18IN. The van der Waals surface area contributed by atoms with Crippen LogP contribution in [0.5, 0.6) is 0 Å². The lowest BCUT2D eigenvalue weighted by Crippen LogP contribution is -2.19. The molecule has 2 rings (SSSR count). The summed E-state index contributed by atoms with van der Waals surface area (Å²) in [5.74, 6) is 0. The molecule has 2 aromatic rings. The third kappa shape index (κ3) is 2.75. The second-order valence-electron chi connectivity index (χ2n) is 4.61. The number of benzene rings is 2. The molecule has 0 aliphatic heterocycles. The molecule has 0 saturated carbocycles. The zero-order valence-electron chi connectivity index (χ0n) is 11.0. The standard InChI is InChI=1S/C16H18IN/c1-11-7-9-13(10-8-11)16(18-3)14-6-4-5-12(2)15(14)17/h4-10,16,18H,1-3H3. The van der Waals surface area contributed by atoms with Gasteiger partial charge in [0.25, 0.3) is 0 Å². The van der Waals surface area contributed by atoms with E-state index in [0.29, 0.717) is 0 Å². The number of halogens is 1. The Balaban J connectivity index is 2.45. The molecule has 0 amide bonds. The van der Waals surface area contributed by atoms with E-state index >= 15 is 0 Å². The van der Waals surface area contributed by atoms with E-state index in [2.05, 4.69) is 84.2 Å². The van der Waals surface area contributed by atoms with Crippen LogP contribution < -0.4 is 5.32 Å². The third-order valence-electron chi connectivity index (χ3n) is 3.23. The molecule has 1 unspecified atom stereocenters. The van der Waals surface area contributed by atoms with Crippen molar-refractivity contribution in [3.05, 3.63) is 68.3 Å². The van der Waals surface area contributed by atoms with Crippen LogP contribution >= 0.6 is 22.6 Å². The molecule has 94 valence electrons. The number of hydrogen-bond acceptors (Lipinski definition) is 1. The van der Waals surface area contributed by atoms with Crippen molar-refractivity contribution in [2.45, 2.75) is 19.9 Å². The van der Waals surface area contributed by atoms with E-state index in [9.17, 15) is 0 Å². The van der Waals surface area contributed by atoms with Crippen LogP contribution in [0.2, 0.25) is 0 Å². The van der Waals surface area contributed by atoms with Gasteiger partial charge in [-0.15, -0.1) is 0 Å². The minimum Gasteiger partial charge on any atom is -0.309 e. The zero-order chi connectivity index (χ0) is 13.1. The SMILES string of the molecule is CNC(c1ccc(C)cc1)c1cccc(C)c1I. The normalized spacial score (nSPS) is 12.4. The van der Waals surface area contributed by atoms with Crippen molar-refractivity contribution in [1.29, 1.82) is 0 Å². The summed E-state index contributed by atoms with van der Waals surface area (Å²) in [7, 11) is 2.02. The summed E-state index contributed by atoms with van der Waals surface area (Å²) in [6, 6.07) is 15.5. The van der Waals surface area contributed by atoms with Crippen molar-refractivity contribution in [2.75, 3.05) is 7.05 Å². The number of nitrogens with one attached hydrogen (secondary N) is 1. The Morgan fingerprint density at radius 1 is 1.00 bits per heavy atom. The van der Waals surface area contributed by atoms with E-state index in [4.69, 9.17) is 0 Å². The van der Waals surface area contributed by atoms with Crippen molar-refractivity contribution in [3.63, 3.8) is 0 Å². The van der Waals surface area contributed by atoms with E-state index < -0.39 is 0 Å². The summed E-state index contributed by atoms with van der Waals surface area (Å²) in [6.07, 6.45) is 0. The highest BCUT2D eigenvalue weighted by Crippen LogP contribution is 2.28. The summed E-state index contributed by atoms with van der Waals surface area (Å²) in [4.78, 5) is 0. The topological polar surface area (TPSA) is 12.0 Å². The first kappa shape index (κ1) is 13.6. The predicted octanol–water partition coefficient (Wildman–Crippen LogP) is 4.22. The smallest absolute Gasteiger partial charge is 0.0584 e. The van der Waals surface area contributed by atoms with Gasteiger partial charge in [-0.3, -0.25) is 0 Å². The second kappa shape index (κ2) is 5.85. The van der Waals surface area contributed by atoms with Crippen LogP contribution in [-0.4, -0.2) is 7.05 Å². The fraction of sp³-hybridized carbons (Fsp3) is 0.250. The maximum Gasteiger partial charge on any atom is 0.0584 e. The maximum absolute atomic E-state index is 3.42. The van der Waals surface area contributed by atoms with Crippen LogP contribution in [0.25, 0.3) is 0 Å². The zero-order valence-corrected chi connectivity index (χ0v) is 13.2. The van der Waals surface area contributed by atoms with Crippen LogP contribution in [0.3, 0.4) is 0 Å². The van der Waals surface area contributed by atoms with Gasteiger partial charge in [0.05, 0.1) is 6.04 Å². The highest BCUT2D eigenvalue weighted by atomic mass is 127. The first-order valence-electron chi connectivity index (χ1n) is 6.12. The minimum absolute atomic E-state index is 0.261. The number of aryl methyl sites for hydroxylation is 2. The molecule has 0 aliphatic rings. The summed E-state index contributed by atoms with van der Waals surface area (Å²) < 4.78 is 1.34. The lowest BCUT2D eigenvalue weighted by atomic mass is 9.97. The first-order valence-corrected chi connectivity index (χ1v) is 7.20. The molecule has 0 spiro atoms. The Hall–Kier alpha value is -0.870. The van der Waals surface area contributed by atoms with Crippen LogP contribution in [0.15, 0.2) is 42.5 Å². The van der Waals surface area contributed by atoms with Crippen LogP contribution in [0.4, 0.5) is 0 Å². The molecule has 0 saturated heterocycles. The fourth-order valence-corrected chi connectivity index (χ4v) is 2.82. The van der Waals surface area contributed by atoms with E-state index in [-0.39, 0.29) is 6.04 Å². The second-order valence-corrected chi connectivity index (χ2v) is 5.69. The average Bonchev–Trinajstić information content (AvgIpc) is 2.37. The van der Waals surface area contributed by atoms with Crippen molar-refractivity contribution in [2.24, 2.45) is 0 Å². The van der Waals surface area contributed by atoms with Gasteiger partial charge in [-0.1, -0.05) is 48.0 Å². The molecule has 2 aromatic carbocycles. The van der Waals surface area contributed by atoms with Crippen molar-refractivity contribution in [1.82, 2.24) is 5.32 Å². The lowest BCUT2D eigenvalue weighted by Gasteiger charge is -2.20. The third-order valence-corrected chi connectivity index (χ3v) is 4.71. The fourth-order valence-electron chi connectivity index (χ4n) is 2.15. The van der Waals surface area contributed by atoms with E-state index in [1.165, 1.54) is 25.8 Å². The average molecular weight is 351 g/mol. The Kier molecular flexibility index (Phi) is 4.40. The Morgan fingerprint density at radius 2 is 1.67 bits per heavy atom. The van der Waals surface area contributed by atoms with E-state index in [1.54, 1.807) is 0 Å². The van der Waals surface area contributed by atoms with Gasteiger partial charge in [-0.25, -0.2) is 0 Å². The maximum atomic E-state index is 3.42. The number of hydrogen-bond donors (Lipinski definition) is 1. The summed E-state index contributed by atoms with van der Waals surface area (Å²) >= 11 is 2.44. The van der Waals surface area contributed by atoms with Gasteiger partial charge >= 0.3 is 0 Å². The molecule has 1 nitrogen and oxygen atoms in total. The summed E-state index contributed by atoms with van der Waals surface area (Å²) in [5, 5.41) is 3.42. The van der Waals surface area contributed by atoms with Crippen LogP contribution in [0.1, 0.15) is 28.3 Å². The van der Waals surface area contributed by atoms with Crippen molar-refractivity contribution in [3.8, 4) is 0 Å². The van der Waals surface area contributed by atoms with Crippen molar-refractivity contribution >= 4 is 22.6 Å². The molecule has 18 heavy (non-hydrogen) atoms. The quantitative estimate of drug-likeness (QED) is 0.817. The van der Waals surface area contributed by atoms with Crippen molar-refractivity contribution < 1.29 is 0 Å². The molecule has 0 fully saturated rings. The number of rotatable bonds is 3. The molecule has 0 bridgehead atoms. The Morgan fingerprint density at radius 3 is 2.28 bits per heavy atom. The van der Waals surface area contributed by atoms with Gasteiger partial charge in [-0.2, -0.15) is 0 Å². The summed E-state index contributed by atoms with van der Waals surface area (Å²) in [5.41, 5.74) is 5.29. The van der Waals surface area contributed by atoms with Gasteiger partial charge in [-0.05, 0) is 60.2 Å². The highest BCUT2D eigenvalue weighted by Gasteiger charge is 2.15. The first-order chi connectivity index (χ1) is 8.63. The molecule has 1 atom stereocenters. The monoisotopic (exact) mass is 351 g/mol. The Bertz CT molecular complexity index is 531. The molecule has 0 aliphatic carbocycles. The lowest BCUT2D eigenvalue weighted by molar-refractivity contribution is 0.687. The highest BCUT2D eigenvalue weighted by molar-refractivity contribution is 14.1. The van der Waals surface area contributed by atoms with Gasteiger partial charge < -0.3 is 5.32 Å². The molecule has 0 aromatic heterocycles. The molecule has 0 radical (unpaired) electrons. The minimum atomic E-state index is 0.261. The molecular weight excluding hydrogens is 333 g/mol. The molecule has 2 heteroatoms. The van der Waals surface area contributed by atoms with Crippen LogP contribution in [0, 0.1) is 17.4 Å².